The fourth-order valence-corrected chi connectivity index (χ4v) is 1.43. The van der Waals surface area contributed by atoms with Crippen LogP contribution in [-0.2, 0) is 9.47 Å². The first kappa shape index (κ1) is 13.2. The summed E-state index contributed by atoms with van der Waals surface area (Å²) in [6.07, 6.45) is 0.158. The molecule has 90 valence electrons. The van der Waals surface area contributed by atoms with E-state index >= 15 is 0 Å². The fraction of sp³-hybridized carbons (Fsp3) is 0.538. The Kier molecular flexibility index (Phi) is 6.81. The smallest absolute Gasteiger partial charge is 0.0797 e. The number of rotatable bonds is 8. The van der Waals surface area contributed by atoms with Crippen molar-refractivity contribution in [2.45, 2.75) is 13.0 Å². The van der Waals surface area contributed by atoms with Gasteiger partial charge in [0, 0.05) is 20.2 Å². The normalized spacial score (nSPS) is 12.6. The molecule has 0 radical (unpaired) electrons. The molecule has 0 spiro atoms. The van der Waals surface area contributed by atoms with Crippen LogP contribution in [0.4, 0.5) is 0 Å². The van der Waals surface area contributed by atoms with Crippen LogP contribution in [0.5, 0.6) is 0 Å². The van der Waals surface area contributed by atoms with E-state index in [-0.39, 0.29) is 6.10 Å². The summed E-state index contributed by atoms with van der Waals surface area (Å²) in [6.45, 7) is 5.28. The lowest BCUT2D eigenvalue weighted by atomic mass is 10.1. The van der Waals surface area contributed by atoms with E-state index in [0.29, 0.717) is 0 Å². The third kappa shape index (κ3) is 5.26. The molecule has 1 rings (SSSR count). The Morgan fingerprint density at radius 2 is 1.81 bits per heavy atom. The van der Waals surface area contributed by atoms with E-state index in [0.717, 1.165) is 26.3 Å². The first-order valence-electron chi connectivity index (χ1n) is 5.71. The summed E-state index contributed by atoms with van der Waals surface area (Å²) in [7, 11) is 1.70. The topological polar surface area (TPSA) is 30.5 Å². The molecular formula is C13H21NO2. The second-order valence-electron chi connectivity index (χ2n) is 3.67. The molecule has 0 saturated carbocycles. The highest BCUT2D eigenvalue weighted by Gasteiger charge is 2.03. The first-order valence-corrected chi connectivity index (χ1v) is 5.71. The van der Waals surface area contributed by atoms with Gasteiger partial charge in [-0.2, -0.15) is 0 Å². The Bertz CT molecular complexity index is 264. The van der Waals surface area contributed by atoms with Gasteiger partial charge in [-0.3, -0.25) is 0 Å². The summed E-state index contributed by atoms with van der Waals surface area (Å²) < 4.78 is 10.6. The number of hydrogen-bond donors (Lipinski definition) is 1. The molecule has 3 nitrogen and oxygen atoms in total. The molecular weight excluding hydrogens is 202 g/mol. The SMILES string of the molecule is COCCNCCOC(C)c1ccccc1. The van der Waals surface area contributed by atoms with Crippen LogP contribution in [0.25, 0.3) is 0 Å². The lowest BCUT2D eigenvalue weighted by Gasteiger charge is -2.13. The van der Waals surface area contributed by atoms with Gasteiger partial charge in [-0.25, -0.2) is 0 Å². The average molecular weight is 223 g/mol. The second kappa shape index (κ2) is 8.28. The summed E-state index contributed by atoms with van der Waals surface area (Å²) in [5.41, 5.74) is 1.22. The fourth-order valence-electron chi connectivity index (χ4n) is 1.43. The molecule has 0 aliphatic rings. The van der Waals surface area contributed by atoms with E-state index < -0.39 is 0 Å². The van der Waals surface area contributed by atoms with Crippen LogP contribution < -0.4 is 5.32 Å². The van der Waals surface area contributed by atoms with Crippen molar-refractivity contribution in [3.05, 3.63) is 35.9 Å². The predicted molar refractivity (Wildman–Crippen MR) is 65.6 cm³/mol. The second-order valence-corrected chi connectivity index (χ2v) is 3.67. The summed E-state index contributed by atoms with van der Waals surface area (Å²) in [5.74, 6) is 0. The van der Waals surface area contributed by atoms with E-state index in [9.17, 15) is 0 Å². The van der Waals surface area contributed by atoms with Crippen molar-refractivity contribution in [2.24, 2.45) is 0 Å². The Balaban J connectivity index is 2.09. The molecule has 0 fully saturated rings. The molecule has 0 aliphatic heterocycles. The summed E-state index contributed by atoms with van der Waals surface area (Å²) in [6, 6.07) is 10.3. The van der Waals surface area contributed by atoms with Crippen molar-refractivity contribution in [1.82, 2.24) is 5.32 Å². The van der Waals surface area contributed by atoms with E-state index in [1.165, 1.54) is 5.56 Å². The third-order valence-electron chi connectivity index (χ3n) is 2.40. The third-order valence-corrected chi connectivity index (χ3v) is 2.40. The highest BCUT2D eigenvalue weighted by molar-refractivity contribution is 5.16. The van der Waals surface area contributed by atoms with Crippen LogP contribution in [0.15, 0.2) is 30.3 Å². The molecule has 1 atom stereocenters. The van der Waals surface area contributed by atoms with Gasteiger partial charge in [-0.1, -0.05) is 30.3 Å². The summed E-state index contributed by atoms with van der Waals surface area (Å²) >= 11 is 0. The van der Waals surface area contributed by atoms with Gasteiger partial charge in [0.05, 0.1) is 19.3 Å². The van der Waals surface area contributed by atoms with Gasteiger partial charge in [0.2, 0.25) is 0 Å². The van der Waals surface area contributed by atoms with Gasteiger partial charge >= 0.3 is 0 Å². The molecule has 0 aromatic heterocycles. The average Bonchev–Trinajstić information content (AvgIpc) is 2.34. The molecule has 1 unspecified atom stereocenters. The van der Waals surface area contributed by atoms with Crippen LogP contribution >= 0.6 is 0 Å². The Labute approximate surface area is 97.8 Å². The molecule has 1 N–H and O–H groups in total. The van der Waals surface area contributed by atoms with Crippen LogP contribution in [0, 0.1) is 0 Å². The monoisotopic (exact) mass is 223 g/mol. The maximum Gasteiger partial charge on any atom is 0.0797 e. The number of benzene rings is 1. The van der Waals surface area contributed by atoms with Gasteiger partial charge in [0.15, 0.2) is 0 Å². The summed E-state index contributed by atoms with van der Waals surface area (Å²) in [5, 5.41) is 3.24. The minimum absolute atomic E-state index is 0.158. The van der Waals surface area contributed by atoms with E-state index in [2.05, 4.69) is 24.4 Å². The largest absolute Gasteiger partial charge is 0.383 e. The maximum atomic E-state index is 5.70. The minimum Gasteiger partial charge on any atom is -0.383 e. The highest BCUT2D eigenvalue weighted by atomic mass is 16.5. The van der Waals surface area contributed by atoms with Gasteiger partial charge in [-0.15, -0.1) is 0 Å². The summed E-state index contributed by atoms with van der Waals surface area (Å²) in [4.78, 5) is 0. The van der Waals surface area contributed by atoms with Gasteiger partial charge in [0.1, 0.15) is 0 Å². The van der Waals surface area contributed by atoms with Gasteiger partial charge in [0.25, 0.3) is 0 Å². The molecule has 16 heavy (non-hydrogen) atoms. The van der Waals surface area contributed by atoms with E-state index in [4.69, 9.17) is 9.47 Å². The van der Waals surface area contributed by atoms with E-state index in [1.54, 1.807) is 7.11 Å². The molecule has 0 bridgehead atoms. The standard InChI is InChI=1S/C13H21NO2/c1-12(13-6-4-3-5-7-13)16-11-9-14-8-10-15-2/h3-7,12,14H,8-11H2,1-2H3. The van der Waals surface area contributed by atoms with Crippen molar-refractivity contribution in [2.75, 3.05) is 33.4 Å². The van der Waals surface area contributed by atoms with Crippen molar-refractivity contribution < 1.29 is 9.47 Å². The maximum absolute atomic E-state index is 5.70. The van der Waals surface area contributed by atoms with Gasteiger partial charge < -0.3 is 14.8 Å². The number of ether oxygens (including phenoxy) is 2. The number of hydrogen-bond acceptors (Lipinski definition) is 3. The van der Waals surface area contributed by atoms with Crippen molar-refractivity contribution in [3.8, 4) is 0 Å². The molecule has 0 amide bonds. The zero-order chi connectivity index (χ0) is 11.6. The van der Waals surface area contributed by atoms with Crippen LogP contribution in [-0.4, -0.2) is 33.4 Å². The molecule has 0 saturated heterocycles. The van der Waals surface area contributed by atoms with Crippen molar-refractivity contribution in [3.63, 3.8) is 0 Å². The number of nitrogens with one attached hydrogen (secondary N) is 1. The lowest BCUT2D eigenvalue weighted by molar-refractivity contribution is 0.0668. The predicted octanol–water partition coefficient (Wildman–Crippen LogP) is 2.00. The molecule has 1 aromatic carbocycles. The van der Waals surface area contributed by atoms with Crippen LogP contribution in [0.2, 0.25) is 0 Å². The minimum atomic E-state index is 0.158. The Morgan fingerprint density at radius 3 is 2.50 bits per heavy atom. The molecule has 0 heterocycles. The zero-order valence-corrected chi connectivity index (χ0v) is 10.1. The Morgan fingerprint density at radius 1 is 1.12 bits per heavy atom. The Hall–Kier alpha value is -0.900. The molecule has 0 aliphatic carbocycles. The quantitative estimate of drug-likeness (QED) is 0.684. The number of methoxy groups -OCH3 is 1. The highest BCUT2D eigenvalue weighted by Crippen LogP contribution is 2.14. The molecule has 3 heteroatoms. The first-order chi connectivity index (χ1) is 7.84. The zero-order valence-electron chi connectivity index (χ0n) is 10.1. The van der Waals surface area contributed by atoms with Crippen molar-refractivity contribution in [1.29, 1.82) is 0 Å². The lowest BCUT2D eigenvalue weighted by Crippen LogP contribution is -2.24. The van der Waals surface area contributed by atoms with E-state index in [1.807, 2.05) is 18.2 Å². The van der Waals surface area contributed by atoms with Crippen LogP contribution in [0.3, 0.4) is 0 Å². The van der Waals surface area contributed by atoms with Crippen LogP contribution in [0.1, 0.15) is 18.6 Å². The van der Waals surface area contributed by atoms with Gasteiger partial charge in [-0.05, 0) is 12.5 Å². The molecule has 1 aromatic rings. The van der Waals surface area contributed by atoms with Crippen molar-refractivity contribution >= 4 is 0 Å².